The first-order valence-corrected chi connectivity index (χ1v) is 3.62. The average molecular weight is 184 g/mol. The second kappa shape index (κ2) is 2.63. The predicted octanol–water partition coefficient (Wildman–Crippen LogP) is -1.02. The Morgan fingerprint density at radius 1 is 1.77 bits per heavy atom. The molecule has 2 heterocycles. The van der Waals surface area contributed by atoms with Gasteiger partial charge in [0, 0.05) is 7.05 Å². The molecule has 13 heavy (non-hydrogen) atoms. The molecule has 2 aromatic rings. The van der Waals surface area contributed by atoms with Gasteiger partial charge < -0.3 is 9.63 Å². The van der Waals surface area contributed by atoms with Crippen LogP contribution in [0.4, 0.5) is 0 Å². The molecule has 0 atom stereocenters. The molecule has 0 bridgehead atoms. The van der Waals surface area contributed by atoms with Gasteiger partial charge in [0.2, 0.25) is 0 Å². The number of hydrogen-bond donors (Lipinski definition) is 2. The van der Waals surface area contributed by atoms with Crippen LogP contribution in [0.1, 0.15) is 5.56 Å². The number of nitrogens with one attached hydrogen (secondary N) is 1. The number of hydrogen-bond acceptors (Lipinski definition) is 4. The molecule has 0 spiro atoms. The van der Waals surface area contributed by atoms with Crippen molar-refractivity contribution in [3.05, 3.63) is 22.2 Å². The summed E-state index contributed by atoms with van der Waals surface area (Å²) in [6, 6.07) is 0. The van der Waals surface area contributed by atoms with E-state index in [1.807, 2.05) is 0 Å². The molecule has 0 aliphatic heterocycles. The minimum atomic E-state index is -0.258. The maximum Gasteiger partial charge on any atom is 0.366 e. The molecule has 0 aliphatic rings. The minimum Gasteiger partial charge on any atom is -0.391 e. The quantitative estimate of drug-likeness (QED) is 0.625. The van der Waals surface area contributed by atoms with Gasteiger partial charge in [-0.05, 0) is 0 Å². The molecule has 0 fully saturated rings. The Balaban J connectivity index is 2.49. The Morgan fingerprint density at radius 3 is 3.08 bits per heavy atom. The van der Waals surface area contributed by atoms with Crippen LogP contribution in [0.15, 0.2) is 15.5 Å². The predicted molar refractivity (Wildman–Crippen MR) is 41.3 cm³/mol. The number of aryl methyl sites for hydroxylation is 1. The number of H-pyrrole nitrogens is 1. The SMILES string of the molecule is Cn1[nH]n(-c2oncc2CO)c1=O. The molecule has 0 unspecified atom stereocenters. The van der Waals surface area contributed by atoms with Crippen molar-refractivity contribution < 1.29 is 9.63 Å². The summed E-state index contributed by atoms with van der Waals surface area (Å²) in [7, 11) is 1.58. The number of aliphatic hydroxyl groups excluding tert-OH is 1. The molecule has 2 N–H and O–H groups in total. The molecule has 7 heteroatoms. The highest BCUT2D eigenvalue weighted by molar-refractivity contribution is 5.25. The van der Waals surface area contributed by atoms with Crippen molar-refractivity contribution in [1.82, 2.24) is 19.7 Å². The summed E-state index contributed by atoms with van der Waals surface area (Å²) in [5.74, 6) is 0.227. The van der Waals surface area contributed by atoms with E-state index in [1.54, 1.807) is 7.05 Å². The molecule has 70 valence electrons. The van der Waals surface area contributed by atoms with Crippen LogP contribution in [0, 0.1) is 0 Å². The smallest absolute Gasteiger partial charge is 0.366 e. The monoisotopic (exact) mass is 184 g/mol. The molecule has 0 aromatic carbocycles. The summed E-state index contributed by atoms with van der Waals surface area (Å²) < 4.78 is 7.23. The lowest BCUT2D eigenvalue weighted by atomic mass is 10.3. The third-order valence-corrected chi connectivity index (χ3v) is 1.72. The van der Waals surface area contributed by atoms with Gasteiger partial charge in [-0.15, -0.1) is 0 Å². The molecule has 0 aliphatic carbocycles. The molecular weight excluding hydrogens is 176 g/mol. The minimum absolute atomic E-state index is 0.214. The lowest BCUT2D eigenvalue weighted by Gasteiger charge is -2.10. The molecule has 2 aromatic heterocycles. The Morgan fingerprint density at radius 2 is 2.54 bits per heavy atom. The van der Waals surface area contributed by atoms with Gasteiger partial charge in [0.1, 0.15) is 0 Å². The van der Waals surface area contributed by atoms with Crippen molar-refractivity contribution >= 4 is 0 Å². The number of rotatable bonds is 2. The van der Waals surface area contributed by atoms with Crippen molar-refractivity contribution in [2.24, 2.45) is 7.05 Å². The zero-order valence-electron chi connectivity index (χ0n) is 6.89. The highest BCUT2D eigenvalue weighted by atomic mass is 16.5. The van der Waals surface area contributed by atoms with Crippen LogP contribution >= 0.6 is 0 Å². The van der Waals surface area contributed by atoms with Crippen LogP contribution < -0.4 is 5.69 Å². The Kier molecular flexibility index (Phi) is 1.59. The summed E-state index contributed by atoms with van der Waals surface area (Å²) in [5.41, 5.74) is 0.209. The summed E-state index contributed by atoms with van der Waals surface area (Å²) in [6.45, 7) is -0.214. The molecule has 0 saturated heterocycles. The first-order valence-electron chi connectivity index (χ1n) is 3.62. The zero-order valence-corrected chi connectivity index (χ0v) is 6.89. The van der Waals surface area contributed by atoms with Gasteiger partial charge in [-0.2, -0.15) is 4.68 Å². The van der Waals surface area contributed by atoms with Crippen molar-refractivity contribution in [2.45, 2.75) is 6.61 Å². The zero-order chi connectivity index (χ0) is 9.42. The third-order valence-electron chi connectivity index (χ3n) is 1.72. The fourth-order valence-electron chi connectivity index (χ4n) is 1.02. The van der Waals surface area contributed by atoms with E-state index in [9.17, 15) is 4.79 Å². The standard InChI is InChI=1S/C6H8N4O3/c1-9-6(12)10(8-9)5-4(3-11)2-7-13-5/h2,8,11H,3H2,1H3. The van der Waals surface area contributed by atoms with Gasteiger partial charge in [-0.25, -0.2) is 14.7 Å². The number of nitrogens with zero attached hydrogens (tertiary/aromatic N) is 3. The Bertz CT molecular complexity index is 460. The molecular formula is C6H8N4O3. The molecule has 0 saturated carbocycles. The van der Waals surface area contributed by atoms with E-state index in [1.165, 1.54) is 15.6 Å². The molecule has 7 nitrogen and oxygen atoms in total. The van der Waals surface area contributed by atoms with Gasteiger partial charge in [-0.3, -0.25) is 0 Å². The van der Waals surface area contributed by atoms with Gasteiger partial charge in [0.15, 0.2) is 0 Å². The van der Waals surface area contributed by atoms with Gasteiger partial charge in [0.05, 0.1) is 18.4 Å². The molecule has 0 amide bonds. The third kappa shape index (κ3) is 1.01. The van der Waals surface area contributed by atoms with Crippen LogP contribution in [0.5, 0.6) is 0 Å². The van der Waals surface area contributed by atoms with E-state index < -0.39 is 0 Å². The number of aliphatic hydroxyl groups is 1. The highest BCUT2D eigenvalue weighted by Gasteiger charge is 2.15. The van der Waals surface area contributed by atoms with Crippen LogP contribution in [0.2, 0.25) is 0 Å². The summed E-state index contributed by atoms with van der Waals surface area (Å²) in [6.07, 6.45) is 1.36. The first-order chi connectivity index (χ1) is 6.24. The lowest BCUT2D eigenvalue weighted by molar-refractivity contribution is 0.276. The summed E-state index contributed by atoms with van der Waals surface area (Å²) >= 11 is 0. The van der Waals surface area contributed by atoms with Gasteiger partial charge in [-0.1, -0.05) is 5.16 Å². The lowest BCUT2D eigenvalue weighted by Crippen LogP contribution is -2.40. The second-order valence-electron chi connectivity index (χ2n) is 2.59. The van der Waals surface area contributed by atoms with Crippen LogP contribution in [-0.4, -0.2) is 24.8 Å². The van der Waals surface area contributed by atoms with E-state index >= 15 is 0 Å². The van der Waals surface area contributed by atoms with Crippen LogP contribution in [-0.2, 0) is 13.7 Å². The van der Waals surface area contributed by atoms with E-state index in [0.29, 0.717) is 5.56 Å². The molecule has 2 rings (SSSR count). The number of aromatic amines is 1. The van der Waals surface area contributed by atoms with Crippen molar-refractivity contribution in [3.8, 4) is 5.88 Å². The second-order valence-corrected chi connectivity index (χ2v) is 2.59. The average Bonchev–Trinajstić information content (AvgIpc) is 2.60. The number of aromatic nitrogens is 4. The Hall–Kier alpha value is -1.76. The van der Waals surface area contributed by atoms with Crippen molar-refractivity contribution in [1.29, 1.82) is 0 Å². The van der Waals surface area contributed by atoms with Gasteiger partial charge >= 0.3 is 5.69 Å². The first kappa shape index (κ1) is 7.87. The van der Waals surface area contributed by atoms with Crippen molar-refractivity contribution in [2.75, 3.05) is 0 Å². The summed E-state index contributed by atoms with van der Waals surface area (Å²) in [5, 5.41) is 15.0. The van der Waals surface area contributed by atoms with Gasteiger partial charge in [0.25, 0.3) is 5.88 Å². The van der Waals surface area contributed by atoms with E-state index in [-0.39, 0.29) is 18.2 Å². The fraction of sp³-hybridized carbons (Fsp3) is 0.333. The van der Waals surface area contributed by atoms with Crippen LogP contribution in [0.25, 0.3) is 5.88 Å². The van der Waals surface area contributed by atoms with Crippen LogP contribution in [0.3, 0.4) is 0 Å². The Labute approximate surface area is 72.1 Å². The topological polar surface area (TPSA) is 89.0 Å². The van der Waals surface area contributed by atoms with E-state index in [0.717, 1.165) is 0 Å². The largest absolute Gasteiger partial charge is 0.391 e. The maximum atomic E-state index is 11.1. The molecule has 0 radical (unpaired) electrons. The summed E-state index contributed by atoms with van der Waals surface area (Å²) in [4.78, 5) is 11.1. The fourth-order valence-corrected chi connectivity index (χ4v) is 1.02. The van der Waals surface area contributed by atoms with E-state index in [2.05, 4.69) is 10.4 Å². The maximum absolute atomic E-state index is 11.1. The highest BCUT2D eigenvalue weighted by Crippen LogP contribution is 2.10. The normalized spacial score (nSPS) is 10.9. The van der Waals surface area contributed by atoms with Crippen molar-refractivity contribution in [3.63, 3.8) is 0 Å². The van der Waals surface area contributed by atoms with E-state index in [4.69, 9.17) is 9.63 Å².